The van der Waals surface area contributed by atoms with Gasteiger partial charge in [-0.2, -0.15) is 5.48 Å². The van der Waals surface area contributed by atoms with Gasteiger partial charge in [-0.25, -0.2) is 4.79 Å². The highest BCUT2D eigenvalue weighted by Crippen LogP contribution is 2.28. The van der Waals surface area contributed by atoms with Crippen molar-refractivity contribution in [2.75, 3.05) is 0 Å². The first-order chi connectivity index (χ1) is 12.2. The summed E-state index contributed by atoms with van der Waals surface area (Å²) in [6.07, 6.45) is 0. The highest BCUT2D eigenvalue weighted by molar-refractivity contribution is 9.10. The molecule has 2 aromatic rings. The second kappa shape index (κ2) is 8.36. The average Bonchev–Trinajstić information content (AvgIpc) is 2.60. The molecule has 6 heteroatoms. The molecule has 5 nitrogen and oxygen atoms in total. The topological polar surface area (TPSA) is 64.6 Å². The first kappa shape index (κ1) is 20.0. The molecule has 0 radical (unpaired) electrons. The fourth-order valence-electron chi connectivity index (χ4n) is 2.00. The first-order valence-corrected chi connectivity index (χ1v) is 8.96. The Morgan fingerprint density at radius 3 is 2.38 bits per heavy atom. The molecule has 0 heterocycles. The van der Waals surface area contributed by atoms with E-state index < -0.39 is 17.3 Å². The molecule has 0 spiro atoms. The molecule has 0 saturated carbocycles. The highest BCUT2D eigenvalue weighted by Gasteiger charge is 2.25. The molecule has 0 fully saturated rings. The number of carbonyl (C=O) groups is 2. The molecule has 1 N–H and O–H groups in total. The molecule has 2 rings (SSSR count). The fourth-order valence-corrected chi connectivity index (χ4v) is 2.32. The van der Waals surface area contributed by atoms with Crippen LogP contribution in [0.3, 0.4) is 0 Å². The van der Waals surface area contributed by atoms with Gasteiger partial charge in [0.2, 0.25) is 0 Å². The molecular formula is C20H22BrNO4. The van der Waals surface area contributed by atoms with Gasteiger partial charge in [-0.05, 0) is 51.0 Å². The van der Waals surface area contributed by atoms with Crippen molar-refractivity contribution >= 4 is 27.8 Å². The molecule has 0 aliphatic rings. The third-order valence-electron chi connectivity index (χ3n) is 3.59. The van der Waals surface area contributed by atoms with E-state index in [4.69, 9.17) is 9.57 Å². The van der Waals surface area contributed by atoms with E-state index in [1.165, 1.54) is 0 Å². The Bertz CT molecular complexity index is 797. The summed E-state index contributed by atoms with van der Waals surface area (Å²) >= 11 is 3.45. The monoisotopic (exact) mass is 419 g/mol. The molecule has 138 valence electrons. The molecule has 0 saturated heterocycles. The molecule has 0 aromatic heterocycles. The van der Waals surface area contributed by atoms with Gasteiger partial charge in [0.15, 0.2) is 0 Å². The summed E-state index contributed by atoms with van der Waals surface area (Å²) in [6.45, 7) is 7.31. The van der Waals surface area contributed by atoms with Crippen LogP contribution in [0.2, 0.25) is 0 Å². The van der Waals surface area contributed by atoms with Crippen LogP contribution in [0, 0.1) is 12.3 Å². The second-order valence-corrected chi connectivity index (χ2v) is 7.80. The molecular weight excluding hydrogens is 398 g/mol. The van der Waals surface area contributed by atoms with Crippen LogP contribution >= 0.6 is 15.9 Å². The maximum Gasteiger partial charge on any atom is 0.337 e. The van der Waals surface area contributed by atoms with Gasteiger partial charge in [-0.1, -0.05) is 46.3 Å². The number of benzene rings is 2. The van der Waals surface area contributed by atoms with Gasteiger partial charge in [-0.15, -0.1) is 0 Å². The highest BCUT2D eigenvalue weighted by atomic mass is 79.9. The number of amides is 1. The Kier molecular flexibility index (Phi) is 6.42. The molecule has 0 unspecified atom stereocenters. The zero-order valence-electron chi connectivity index (χ0n) is 15.3. The maximum atomic E-state index is 12.5. The fraction of sp³-hybridized carbons (Fsp3) is 0.300. The van der Waals surface area contributed by atoms with Gasteiger partial charge in [0.25, 0.3) is 5.91 Å². The van der Waals surface area contributed by atoms with E-state index in [2.05, 4.69) is 21.4 Å². The average molecular weight is 420 g/mol. The van der Waals surface area contributed by atoms with Gasteiger partial charge in [0.05, 0.1) is 11.0 Å². The Balaban J connectivity index is 2.16. The quantitative estimate of drug-likeness (QED) is 0.736. The molecule has 0 aliphatic heterocycles. The van der Waals surface area contributed by atoms with Crippen molar-refractivity contribution in [3.05, 3.63) is 63.6 Å². The Morgan fingerprint density at radius 2 is 1.77 bits per heavy atom. The van der Waals surface area contributed by atoms with Crippen LogP contribution in [-0.4, -0.2) is 11.9 Å². The SMILES string of the molecule is Cc1cc(C(=O)NOC(=O)C(C)(C)C)c(OCc2ccccc2)cc1Br. The standard InChI is InChI=1S/C20H22BrNO4/c1-13-10-15(18(23)22-26-19(24)20(2,3)4)17(11-16(13)21)25-12-14-8-6-5-7-9-14/h5-11H,12H2,1-4H3,(H,22,23). The van der Waals surface area contributed by atoms with E-state index in [0.717, 1.165) is 15.6 Å². The number of carbonyl (C=O) groups excluding carboxylic acids is 2. The van der Waals surface area contributed by atoms with Gasteiger partial charge in [-0.3, -0.25) is 4.79 Å². The van der Waals surface area contributed by atoms with Crippen molar-refractivity contribution in [2.45, 2.75) is 34.3 Å². The lowest BCUT2D eigenvalue weighted by Crippen LogP contribution is -2.33. The number of hydroxylamine groups is 1. The molecule has 0 aliphatic carbocycles. The number of hydrogen-bond acceptors (Lipinski definition) is 4. The van der Waals surface area contributed by atoms with E-state index in [0.29, 0.717) is 17.9 Å². The van der Waals surface area contributed by atoms with Crippen molar-refractivity contribution in [3.63, 3.8) is 0 Å². The van der Waals surface area contributed by atoms with E-state index in [1.807, 2.05) is 37.3 Å². The lowest BCUT2D eigenvalue weighted by atomic mass is 9.98. The van der Waals surface area contributed by atoms with Crippen LogP contribution < -0.4 is 10.2 Å². The van der Waals surface area contributed by atoms with Crippen LogP contribution in [0.15, 0.2) is 46.9 Å². The minimum atomic E-state index is -0.713. The van der Waals surface area contributed by atoms with Crippen LogP contribution in [0.5, 0.6) is 5.75 Å². The maximum absolute atomic E-state index is 12.5. The lowest BCUT2D eigenvalue weighted by Gasteiger charge is -2.17. The number of rotatable bonds is 4. The molecule has 2 aromatic carbocycles. The Labute approximate surface area is 161 Å². The number of ether oxygens (including phenoxy) is 1. The van der Waals surface area contributed by atoms with Crippen molar-refractivity contribution in [1.82, 2.24) is 5.48 Å². The number of hydrogen-bond donors (Lipinski definition) is 1. The predicted octanol–water partition coefficient (Wildman–Crippen LogP) is 4.57. The van der Waals surface area contributed by atoms with Crippen LogP contribution in [0.1, 0.15) is 42.3 Å². The van der Waals surface area contributed by atoms with E-state index in [9.17, 15) is 9.59 Å². The minimum Gasteiger partial charge on any atom is -0.488 e. The van der Waals surface area contributed by atoms with Crippen LogP contribution in [-0.2, 0) is 16.2 Å². The van der Waals surface area contributed by atoms with Crippen LogP contribution in [0.4, 0.5) is 0 Å². The summed E-state index contributed by atoms with van der Waals surface area (Å²) in [6, 6.07) is 13.1. The van der Waals surface area contributed by atoms with Crippen molar-refractivity contribution in [1.29, 1.82) is 0 Å². The van der Waals surface area contributed by atoms with Crippen molar-refractivity contribution < 1.29 is 19.2 Å². The molecule has 1 amide bonds. The Morgan fingerprint density at radius 1 is 1.12 bits per heavy atom. The summed E-state index contributed by atoms with van der Waals surface area (Å²) in [5.74, 6) is -0.664. The molecule has 0 bridgehead atoms. The Hall–Kier alpha value is -2.34. The normalized spacial score (nSPS) is 11.0. The second-order valence-electron chi connectivity index (χ2n) is 6.94. The summed E-state index contributed by atoms with van der Waals surface area (Å²) in [5.41, 5.74) is 3.64. The summed E-state index contributed by atoms with van der Waals surface area (Å²) in [4.78, 5) is 29.2. The van der Waals surface area contributed by atoms with Crippen LogP contribution in [0.25, 0.3) is 0 Å². The minimum absolute atomic E-state index is 0.295. The van der Waals surface area contributed by atoms with E-state index in [1.54, 1.807) is 32.9 Å². The van der Waals surface area contributed by atoms with Gasteiger partial charge in [0, 0.05) is 4.47 Å². The van der Waals surface area contributed by atoms with Crippen molar-refractivity contribution in [2.24, 2.45) is 5.41 Å². The number of halogens is 1. The number of nitrogens with one attached hydrogen (secondary N) is 1. The predicted molar refractivity (Wildman–Crippen MR) is 103 cm³/mol. The zero-order chi connectivity index (χ0) is 19.3. The van der Waals surface area contributed by atoms with Crippen molar-refractivity contribution in [3.8, 4) is 5.75 Å². The van der Waals surface area contributed by atoms with E-state index >= 15 is 0 Å². The van der Waals surface area contributed by atoms with Gasteiger partial charge >= 0.3 is 5.97 Å². The molecule has 26 heavy (non-hydrogen) atoms. The number of aryl methyl sites for hydroxylation is 1. The summed E-state index contributed by atoms with van der Waals surface area (Å²) in [7, 11) is 0. The van der Waals surface area contributed by atoms with Gasteiger partial charge < -0.3 is 9.57 Å². The third kappa shape index (κ3) is 5.33. The largest absolute Gasteiger partial charge is 0.488 e. The lowest BCUT2D eigenvalue weighted by molar-refractivity contribution is -0.158. The smallest absolute Gasteiger partial charge is 0.337 e. The van der Waals surface area contributed by atoms with E-state index in [-0.39, 0.29) is 0 Å². The summed E-state index contributed by atoms with van der Waals surface area (Å²) in [5, 5.41) is 0. The first-order valence-electron chi connectivity index (χ1n) is 8.17. The molecule has 0 atom stereocenters. The summed E-state index contributed by atoms with van der Waals surface area (Å²) < 4.78 is 6.65. The third-order valence-corrected chi connectivity index (χ3v) is 4.45. The van der Waals surface area contributed by atoms with Gasteiger partial charge in [0.1, 0.15) is 12.4 Å². The zero-order valence-corrected chi connectivity index (χ0v) is 16.8.